The second-order valence-electron chi connectivity index (χ2n) is 7.40. The maximum Gasteiger partial charge on any atom is 0.249 e. The Hall–Kier alpha value is -2.70. The van der Waals surface area contributed by atoms with Crippen LogP contribution in [0.4, 0.5) is 5.82 Å². The number of benzene rings is 2. The molecule has 5 rings (SSSR count). The number of halogens is 1. The van der Waals surface area contributed by atoms with Crippen LogP contribution >= 0.6 is 15.9 Å². The van der Waals surface area contributed by atoms with Gasteiger partial charge < -0.3 is 15.4 Å². The van der Waals surface area contributed by atoms with Crippen molar-refractivity contribution in [3.05, 3.63) is 69.8 Å². The Kier molecular flexibility index (Phi) is 4.60. The van der Waals surface area contributed by atoms with Crippen molar-refractivity contribution in [3.63, 3.8) is 0 Å². The third-order valence-electron chi connectivity index (χ3n) is 5.66. The fourth-order valence-corrected chi connectivity index (χ4v) is 4.65. The van der Waals surface area contributed by atoms with E-state index in [1.54, 1.807) is 0 Å². The molecular weight excluding hydrogens is 430 g/mol. The summed E-state index contributed by atoms with van der Waals surface area (Å²) >= 11 is 3.50. The van der Waals surface area contributed by atoms with Crippen molar-refractivity contribution in [2.24, 2.45) is 5.73 Å². The van der Waals surface area contributed by atoms with Gasteiger partial charge in [0, 0.05) is 34.9 Å². The van der Waals surface area contributed by atoms with E-state index in [1.807, 2.05) is 12.3 Å². The van der Waals surface area contributed by atoms with Crippen molar-refractivity contribution in [2.45, 2.75) is 6.42 Å². The molecule has 6 heteroatoms. The molecule has 2 heterocycles. The molecular formula is C23H20BrN3O2. The van der Waals surface area contributed by atoms with E-state index in [1.165, 1.54) is 5.56 Å². The molecule has 1 aromatic heterocycles. The Morgan fingerprint density at radius 2 is 1.83 bits per heavy atom. The second-order valence-corrected chi connectivity index (χ2v) is 8.31. The Labute approximate surface area is 177 Å². The second kappa shape index (κ2) is 7.28. The molecule has 5 nitrogen and oxygen atoms in total. The molecule has 0 spiro atoms. The van der Waals surface area contributed by atoms with Gasteiger partial charge in [-0.2, -0.15) is 0 Å². The van der Waals surface area contributed by atoms with Crippen LogP contribution in [0.3, 0.4) is 0 Å². The summed E-state index contributed by atoms with van der Waals surface area (Å²) in [7, 11) is 0. The van der Waals surface area contributed by atoms with Crippen LogP contribution in [-0.4, -0.2) is 37.2 Å². The van der Waals surface area contributed by atoms with Gasteiger partial charge in [-0.05, 0) is 58.5 Å². The van der Waals surface area contributed by atoms with Crippen LogP contribution in [0, 0.1) is 0 Å². The zero-order valence-electron chi connectivity index (χ0n) is 15.8. The third kappa shape index (κ3) is 3.32. The molecule has 1 aliphatic heterocycles. The third-order valence-corrected chi connectivity index (χ3v) is 6.12. The average molecular weight is 450 g/mol. The first-order valence-corrected chi connectivity index (χ1v) is 10.4. The fraction of sp³-hybridized carbons (Fsp3) is 0.217. The van der Waals surface area contributed by atoms with Crippen molar-refractivity contribution in [3.8, 4) is 22.3 Å². The van der Waals surface area contributed by atoms with E-state index < -0.39 is 5.91 Å². The van der Waals surface area contributed by atoms with Gasteiger partial charge in [0.2, 0.25) is 5.91 Å². The Bertz CT molecular complexity index is 1110. The lowest BCUT2D eigenvalue weighted by Gasteiger charge is -2.27. The number of primary amides is 1. The number of ether oxygens (including phenoxy) is 1. The maximum atomic E-state index is 11.9. The highest BCUT2D eigenvalue weighted by Gasteiger charge is 2.24. The minimum Gasteiger partial charge on any atom is -0.378 e. The van der Waals surface area contributed by atoms with Crippen LogP contribution in [-0.2, 0) is 11.2 Å². The monoisotopic (exact) mass is 449 g/mol. The molecule has 0 atom stereocenters. The summed E-state index contributed by atoms with van der Waals surface area (Å²) in [6, 6.07) is 14.5. The minimum atomic E-state index is -0.390. The standard InChI is InChI=1S/C23H20BrN3O2/c24-17-11-20-18-3-1-14(9-16(18)10-19(20)21(12-17)23(25)28)15-2-4-22(26-13-15)27-5-7-29-8-6-27/h1-4,9,11-13H,5-8,10H2,(H2,25,28). The quantitative estimate of drug-likeness (QED) is 0.512. The number of carbonyl (C=O) groups is 1. The normalized spacial score (nSPS) is 15.1. The molecule has 0 unspecified atom stereocenters. The van der Waals surface area contributed by atoms with Crippen molar-refractivity contribution in [1.29, 1.82) is 0 Å². The molecule has 2 aromatic carbocycles. The van der Waals surface area contributed by atoms with Crippen molar-refractivity contribution in [2.75, 3.05) is 31.2 Å². The fourth-order valence-electron chi connectivity index (χ4n) is 4.20. The molecule has 146 valence electrons. The van der Waals surface area contributed by atoms with Crippen molar-refractivity contribution < 1.29 is 9.53 Å². The topological polar surface area (TPSA) is 68.5 Å². The van der Waals surface area contributed by atoms with E-state index in [2.05, 4.69) is 62.2 Å². The molecule has 1 saturated heterocycles. The van der Waals surface area contributed by atoms with Gasteiger partial charge in [0.15, 0.2) is 0 Å². The van der Waals surface area contributed by atoms with E-state index in [9.17, 15) is 4.79 Å². The van der Waals surface area contributed by atoms with Gasteiger partial charge in [-0.1, -0.05) is 34.1 Å². The zero-order valence-corrected chi connectivity index (χ0v) is 17.4. The van der Waals surface area contributed by atoms with Gasteiger partial charge in [-0.3, -0.25) is 4.79 Å². The number of rotatable bonds is 3. The van der Waals surface area contributed by atoms with Gasteiger partial charge in [-0.25, -0.2) is 4.98 Å². The summed E-state index contributed by atoms with van der Waals surface area (Å²) in [5, 5.41) is 0. The van der Waals surface area contributed by atoms with E-state index in [4.69, 9.17) is 10.5 Å². The summed E-state index contributed by atoms with van der Waals surface area (Å²) in [5.41, 5.74) is 12.8. The largest absolute Gasteiger partial charge is 0.378 e. The molecule has 29 heavy (non-hydrogen) atoms. The van der Waals surface area contributed by atoms with Gasteiger partial charge in [0.05, 0.1) is 13.2 Å². The van der Waals surface area contributed by atoms with Crippen LogP contribution in [0.2, 0.25) is 0 Å². The molecule has 0 bridgehead atoms. The van der Waals surface area contributed by atoms with Crippen molar-refractivity contribution >= 4 is 27.7 Å². The lowest BCUT2D eigenvalue weighted by Crippen LogP contribution is -2.36. The summed E-state index contributed by atoms with van der Waals surface area (Å²) in [6.45, 7) is 3.25. The van der Waals surface area contributed by atoms with E-state index >= 15 is 0 Å². The summed E-state index contributed by atoms with van der Waals surface area (Å²) in [5.74, 6) is 0.597. The molecule has 0 radical (unpaired) electrons. The van der Waals surface area contributed by atoms with Crippen molar-refractivity contribution in [1.82, 2.24) is 4.98 Å². The molecule has 2 aliphatic rings. The SMILES string of the molecule is NC(=O)c1cc(Br)cc2c1Cc1cc(-c3ccc(N4CCOCC4)nc3)ccc1-2. The van der Waals surface area contributed by atoms with Crippen LogP contribution < -0.4 is 10.6 Å². The van der Waals surface area contributed by atoms with Crippen LogP contribution in [0.1, 0.15) is 21.5 Å². The number of pyridine rings is 1. The minimum absolute atomic E-state index is 0.390. The first-order valence-electron chi connectivity index (χ1n) is 9.65. The lowest BCUT2D eigenvalue weighted by atomic mass is 9.99. The summed E-state index contributed by atoms with van der Waals surface area (Å²) in [4.78, 5) is 18.8. The number of fused-ring (bicyclic) bond motifs is 3. The number of anilines is 1. The zero-order chi connectivity index (χ0) is 20.0. The number of nitrogens with two attached hydrogens (primary N) is 1. The number of morpholine rings is 1. The van der Waals surface area contributed by atoms with Gasteiger partial charge >= 0.3 is 0 Å². The highest BCUT2D eigenvalue weighted by Crippen LogP contribution is 2.41. The van der Waals surface area contributed by atoms with Gasteiger partial charge in [0.1, 0.15) is 5.82 Å². The molecule has 3 aromatic rings. The smallest absolute Gasteiger partial charge is 0.249 e. The average Bonchev–Trinajstić information content (AvgIpc) is 3.11. The number of hydrogen-bond donors (Lipinski definition) is 1. The molecule has 1 fully saturated rings. The number of amides is 1. The summed E-state index contributed by atoms with van der Waals surface area (Å²) < 4.78 is 6.28. The van der Waals surface area contributed by atoms with Gasteiger partial charge in [0.25, 0.3) is 0 Å². The highest BCUT2D eigenvalue weighted by atomic mass is 79.9. The number of aromatic nitrogens is 1. The van der Waals surface area contributed by atoms with E-state index in [-0.39, 0.29) is 0 Å². The Morgan fingerprint density at radius 1 is 1.03 bits per heavy atom. The molecule has 2 N–H and O–H groups in total. The highest BCUT2D eigenvalue weighted by molar-refractivity contribution is 9.10. The first-order chi connectivity index (χ1) is 14.1. The summed E-state index contributed by atoms with van der Waals surface area (Å²) in [6.07, 6.45) is 2.64. The lowest BCUT2D eigenvalue weighted by molar-refractivity contribution is 0.0999. The molecule has 1 aliphatic carbocycles. The Balaban J connectivity index is 1.46. The van der Waals surface area contributed by atoms with E-state index in [0.29, 0.717) is 12.0 Å². The predicted octanol–water partition coefficient (Wildman–Crippen LogP) is 4.02. The maximum absolute atomic E-state index is 11.9. The number of nitrogens with zero attached hydrogens (tertiary/aromatic N) is 2. The Morgan fingerprint density at radius 3 is 2.55 bits per heavy atom. The number of carbonyl (C=O) groups excluding carboxylic acids is 1. The van der Waals surface area contributed by atoms with Crippen LogP contribution in [0.5, 0.6) is 0 Å². The van der Waals surface area contributed by atoms with Crippen LogP contribution in [0.25, 0.3) is 22.3 Å². The number of hydrogen-bond acceptors (Lipinski definition) is 4. The van der Waals surface area contributed by atoms with Gasteiger partial charge in [-0.15, -0.1) is 0 Å². The van der Waals surface area contributed by atoms with E-state index in [0.717, 1.165) is 64.4 Å². The molecule has 1 amide bonds. The van der Waals surface area contributed by atoms with Crippen LogP contribution in [0.15, 0.2) is 53.1 Å². The predicted molar refractivity (Wildman–Crippen MR) is 117 cm³/mol. The first kappa shape index (κ1) is 18.3. The molecule has 0 saturated carbocycles.